The second-order valence-corrected chi connectivity index (χ2v) is 7.25. The summed E-state index contributed by atoms with van der Waals surface area (Å²) in [5, 5.41) is 6.32. The van der Waals surface area contributed by atoms with E-state index in [-0.39, 0.29) is 24.1 Å². The smallest absolute Gasteiger partial charge is 0.267 e. The van der Waals surface area contributed by atoms with Gasteiger partial charge in [-0.2, -0.15) is 5.10 Å². The van der Waals surface area contributed by atoms with E-state index in [0.717, 1.165) is 10.4 Å². The van der Waals surface area contributed by atoms with Crippen LogP contribution >= 0.6 is 11.3 Å². The monoisotopic (exact) mass is 381 g/mol. The predicted octanol–water partition coefficient (Wildman–Crippen LogP) is 2.57. The summed E-state index contributed by atoms with van der Waals surface area (Å²) in [4.78, 5) is 27.6. The summed E-state index contributed by atoms with van der Waals surface area (Å²) in [6.07, 6.45) is -0.147. The molecule has 0 bridgehead atoms. The Morgan fingerprint density at radius 3 is 2.78 bits per heavy atom. The number of carbonyl (C=O) groups excluding carboxylic acids is 1. The molecule has 3 aromatic rings. The number of hydrogen-bond donors (Lipinski definition) is 0. The van der Waals surface area contributed by atoms with Crippen LogP contribution in [0.4, 0.5) is 0 Å². The van der Waals surface area contributed by atoms with Gasteiger partial charge in [0.2, 0.25) is 5.91 Å². The molecule has 1 saturated heterocycles. The number of nitrogens with zero attached hydrogens (tertiary/aromatic N) is 3. The lowest BCUT2D eigenvalue weighted by molar-refractivity contribution is -0.139. The molecule has 1 aromatic carbocycles. The molecule has 0 saturated carbocycles. The van der Waals surface area contributed by atoms with Crippen molar-refractivity contribution in [3.05, 3.63) is 75.9 Å². The van der Waals surface area contributed by atoms with Crippen LogP contribution in [-0.2, 0) is 16.1 Å². The highest BCUT2D eigenvalue weighted by Gasteiger charge is 2.25. The van der Waals surface area contributed by atoms with Gasteiger partial charge >= 0.3 is 0 Å². The molecular formula is C20H19N3O3S. The minimum Gasteiger partial charge on any atom is -0.370 e. The second-order valence-electron chi connectivity index (χ2n) is 6.30. The van der Waals surface area contributed by atoms with Crippen molar-refractivity contribution in [2.75, 3.05) is 19.7 Å². The molecule has 1 atom stereocenters. The Bertz CT molecular complexity index is 970. The van der Waals surface area contributed by atoms with Crippen LogP contribution in [0.15, 0.2) is 64.8 Å². The molecule has 27 heavy (non-hydrogen) atoms. The maximum atomic E-state index is 12.8. The fourth-order valence-electron chi connectivity index (χ4n) is 3.09. The number of carbonyl (C=O) groups is 1. The van der Waals surface area contributed by atoms with E-state index in [1.165, 1.54) is 10.7 Å². The molecule has 2 aromatic heterocycles. The molecule has 1 fully saturated rings. The Morgan fingerprint density at radius 1 is 1.15 bits per heavy atom. The fraction of sp³-hybridized carbons (Fsp3) is 0.250. The Kier molecular flexibility index (Phi) is 5.13. The molecule has 3 heterocycles. The maximum absolute atomic E-state index is 12.8. The molecular weight excluding hydrogens is 362 g/mol. The molecule has 1 aliphatic rings. The van der Waals surface area contributed by atoms with Crippen LogP contribution in [0.5, 0.6) is 0 Å². The van der Waals surface area contributed by atoms with Crippen molar-refractivity contribution < 1.29 is 9.53 Å². The van der Waals surface area contributed by atoms with Gasteiger partial charge in [-0.05, 0) is 23.1 Å². The molecule has 0 N–H and O–H groups in total. The molecule has 0 aliphatic carbocycles. The highest BCUT2D eigenvalue weighted by molar-refractivity contribution is 7.13. The number of ether oxygens (including phenoxy) is 1. The van der Waals surface area contributed by atoms with Crippen LogP contribution < -0.4 is 5.56 Å². The largest absolute Gasteiger partial charge is 0.370 e. The third-order valence-corrected chi connectivity index (χ3v) is 5.41. The van der Waals surface area contributed by atoms with Gasteiger partial charge in [-0.1, -0.05) is 36.4 Å². The van der Waals surface area contributed by atoms with E-state index in [9.17, 15) is 9.59 Å². The topological polar surface area (TPSA) is 64.4 Å². The minimum absolute atomic E-state index is 0.0699. The van der Waals surface area contributed by atoms with E-state index >= 15 is 0 Å². The summed E-state index contributed by atoms with van der Waals surface area (Å²) >= 11 is 1.55. The Labute approximate surface area is 160 Å². The summed E-state index contributed by atoms with van der Waals surface area (Å²) in [6.45, 7) is 1.40. The average molecular weight is 381 g/mol. The lowest BCUT2D eigenvalue weighted by atomic mass is 10.1. The molecule has 0 unspecified atom stereocenters. The molecule has 7 heteroatoms. The van der Waals surface area contributed by atoms with Crippen molar-refractivity contribution in [2.45, 2.75) is 12.6 Å². The van der Waals surface area contributed by atoms with Crippen molar-refractivity contribution >= 4 is 17.2 Å². The van der Waals surface area contributed by atoms with Crippen molar-refractivity contribution in [1.82, 2.24) is 14.7 Å². The molecule has 138 valence electrons. The lowest BCUT2D eigenvalue weighted by Gasteiger charge is -2.33. The summed E-state index contributed by atoms with van der Waals surface area (Å²) in [6, 6.07) is 16.9. The van der Waals surface area contributed by atoms with Gasteiger partial charge in [0.25, 0.3) is 5.56 Å². The van der Waals surface area contributed by atoms with Gasteiger partial charge in [-0.15, -0.1) is 11.3 Å². The molecule has 1 amide bonds. The first-order valence-electron chi connectivity index (χ1n) is 8.77. The Hall–Kier alpha value is -2.77. The number of thiophene rings is 1. The van der Waals surface area contributed by atoms with E-state index < -0.39 is 0 Å². The SMILES string of the molecule is O=C(Cn1nc(-c2cccs2)ccc1=O)N1CCO[C@@H](c2ccccc2)C1. The molecule has 0 radical (unpaired) electrons. The quantitative estimate of drug-likeness (QED) is 0.697. The number of rotatable bonds is 4. The normalized spacial score (nSPS) is 17.0. The first-order chi connectivity index (χ1) is 13.2. The van der Waals surface area contributed by atoms with Crippen LogP contribution in [0, 0.1) is 0 Å². The average Bonchev–Trinajstić information content (AvgIpc) is 3.25. The van der Waals surface area contributed by atoms with Crippen LogP contribution in [0.2, 0.25) is 0 Å². The first kappa shape index (κ1) is 17.6. The first-order valence-corrected chi connectivity index (χ1v) is 9.65. The molecule has 4 rings (SSSR count). The second kappa shape index (κ2) is 7.85. The standard InChI is InChI=1S/C20H19N3O3S/c24-19-9-8-16(18-7-4-12-27-18)21-23(19)14-20(25)22-10-11-26-17(13-22)15-5-2-1-3-6-15/h1-9,12,17H,10-11,13-14H2/t17-/m1/s1. The summed E-state index contributed by atoms with van der Waals surface area (Å²) in [5.41, 5.74) is 1.46. The van der Waals surface area contributed by atoms with E-state index in [1.807, 2.05) is 47.8 Å². The molecule has 6 nitrogen and oxygen atoms in total. The highest BCUT2D eigenvalue weighted by Crippen LogP contribution is 2.23. The van der Waals surface area contributed by atoms with E-state index in [0.29, 0.717) is 25.4 Å². The molecule has 0 spiro atoms. The minimum atomic E-state index is -0.281. The van der Waals surface area contributed by atoms with Gasteiger partial charge in [0.05, 0.1) is 18.0 Å². The van der Waals surface area contributed by atoms with Crippen LogP contribution in [0.25, 0.3) is 10.6 Å². The van der Waals surface area contributed by atoms with Crippen LogP contribution in [-0.4, -0.2) is 40.3 Å². The summed E-state index contributed by atoms with van der Waals surface area (Å²) in [5.74, 6) is -0.128. The van der Waals surface area contributed by atoms with Gasteiger partial charge in [0.15, 0.2) is 0 Å². The summed E-state index contributed by atoms with van der Waals surface area (Å²) in [7, 11) is 0. The van der Waals surface area contributed by atoms with Gasteiger partial charge in [0, 0.05) is 12.6 Å². The number of aromatic nitrogens is 2. The summed E-state index contributed by atoms with van der Waals surface area (Å²) < 4.78 is 7.05. The van der Waals surface area contributed by atoms with E-state index in [1.54, 1.807) is 22.3 Å². The Balaban J connectivity index is 1.49. The third-order valence-electron chi connectivity index (χ3n) is 4.52. The fourth-order valence-corrected chi connectivity index (χ4v) is 3.78. The van der Waals surface area contributed by atoms with Gasteiger partial charge < -0.3 is 9.64 Å². The third kappa shape index (κ3) is 3.99. The van der Waals surface area contributed by atoms with Gasteiger partial charge in [-0.3, -0.25) is 9.59 Å². The van der Waals surface area contributed by atoms with E-state index in [4.69, 9.17) is 4.74 Å². The van der Waals surface area contributed by atoms with Gasteiger partial charge in [0.1, 0.15) is 18.3 Å². The number of hydrogen-bond acceptors (Lipinski definition) is 5. The lowest BCUT2D eigenvalue weighted by Crippen LogP contribution is -2.44. The van der Waals surface area contributed by atoms with E-state index in [2.05, 4.69) is 5.10 Å². The number of amides is 1. The van der Waals surface area contributed by atoms with Crippen molar-refractivity contribution in [2.24, 2.45) is 0 Å². The Morgan fingerprint density at radius 2 is 2.00 bits per heavy atom. The van der Waals surface area contributed by atoms with Crippen molar-refractivity contribution in [3.8, 4) is 10.6 Å². The van der Waals surface area contributed by atoms with Gasteiger partial charge in [-0.25, -0.2) is 4.68 Å². The zero-order valence-electron chi connectivity index (χ0n) is 14.7. The maximum Gasteiger partial charge on any atom is 0.267 e. The predicted molar refractivity (Wildman–Crippen MR) is 104 cm³/mol. The van der Waals surface area contributed by atoms with Crippen molar-refractivity contribution in [3.63, 3.8) is 0 Å². The zero-order chi connectivity index (χ0) is 18.6. The van der Waals surface area contributed by atoms with Crippen molar-refractivity contribution in [1.29, 1.82) is 0 Å². The molecule has 1 aliphatic heterocycles. The number of benzene rings is 1. The van der Waals surface area contributed by atoms with Crippen LogP contribution in [0.1, 0.15) is 11.7 Å². The highest BCUT2D eigenvalue weighted by atomic mass is 32.1. The van der Waals surface area contributed by atoms with Crippen LogP contribution in [0.3, 0.4) is 0 Å². The number of morpholine rings is 1. The zero-order valence-corrected chi connectivity index (χ0v) is 15.5.